The number of nitrogens with one attached hydrogen (secondary N) is 1. The van der Waals surface area contributed by atoms with E-state index in [9.17, 15) is 0 Å². The van der Waals surface area contributed by atoms with Crippen molar-refractivity contribution in [1.29, 1.82) is 0 Å². The molecule has 0 spiro atoms. The molecule has 1 aromatic carbocycles. The molecule has 0 bridgehead atoms. The van der Waals surface area contributed by atoms with E-state index in [1.54, 1.807) is 6.07 Å². The van der Waals surface area contributed by atoms with Gasteiger partial charge in [0.1, 0.15) is 18.1 Å². The molecule has 2 N–H and O–H groups in total. The highest BCUT2D eigenvalue weighted by Crippen LogP contribution is 2.34. The van der Waals surface area contributed by atoms with Crippen LogP contribution in [0.15, 0.2) is 34.7 Å². The van der Waals surface area contributed by atoms with E-state index in [-0.39, 0.29) is 13.4 Å². The molecule has 0 atom stereocenters. The van der Waals surface area contributed by atoms with E-state index in [0.29, 0.717) is 12.3 Å². The summed E-state index contributed by atoms with van der Waals surface area (Å²) in [6.45, 7) is 0.750. The number of aliphatic hydroxyl groups excluding tert-OH is 1. The Labute approximate surface area is 104 Å². The Kier molecular flexibility index (Phi) is 2.82. The van der Waals surface area contributed by atoms with E-state index in [1.165, 1.54) is 0 Å². The van der Waals surface area contributed by atoms with Crippen molar-refractivity contribution in [3.63, 3.8) is 0 Å². The van der Waals surface area contributed by atoms with Crippen LogP contribution in [0.4, 0.5) is 5.69 Å². The van der Waals surface area contributed by atoms with Crippen molar-refractivity contribution in [3.8, 4) is 11.5 Å². The van der Waals surface area contributed by atoms with Crippen LogP contribution in [0, 0.1) is 0 Å². The van der Waals surface area contributed by atoms with Crippen LogP contribution in [-0.2, 0) is 13.2 Å². The van der Waals surface area contributed by atoms with E-state index in [2.05, 4.69) is 5.32 Å². The lowest BCUT2D eigenvalue weighted by molar-refractivity contribution is 0.174. The Bertz CT molecular complexity index is 550. The Morgan fingerprint density at radius 2 is 1.89 bits per heavy atom. The van der Waals surface area contributed by atoms with Gasteiger partial charge in [-0.2, -0.15) is 0 Å². The van der Waals surface area contributed by atoms with Gasteiger partial charge in [-0.15, -0.1) is 0 Å². The van der Waals surface area contributed by atoms with Gasteiger partial charge in [-0.3, -0.25) is 0 Å². The minimum atomic E-state index is -0.0793. The fraction of sp³-hybridized carbons (Fsp3) is 0.231. The monoisotopic (exact) mass is 247 g/mol. The molecule has 94 valence electrons. The van der Waals surface area contributed by atoms with Gasteiger partial charge < -0.3 is 24.3 Å². The maximum Gasteiger partial charge on any atom is 0.231 e. The van der Waals surface area contributed by atoms with Crippen molar-refractivity contribution in [1.82, 2.24) is 0 Å². The summed E-state index contributed by atoms with van der Waals surface area (Å²) in [7, 11) is 0. The molecule has 0 aliphatic carbocycles. The zero-order chi connectivity index (χ0) is 12.4. The molecule has 1 aliphatic rings. The molecule has 2 heterocycles. The first-order valence-corrected chi connectivity index (χ1v) is 5.67. The van der Waals surface area contributed by atoms with Crippen LogP contribution in [0.25, 0.3) is 0 Å². The zero-order valence-electron chi connectivity index (χ0n) is 9.68. The van der Waals surface area contributed by atoms with Crippen molar-refractivity contribution >= 4 is 5.69 Å². The van der Waals surface area contributed by atoms with E-state index < -0.39 is 0 Å². The fourth-order valence-corrected chi connectivity index (χ4v) is 1.80. The summed E-state index contributed by atoms with van der Waals surface area (Å²) >= 11 is 0. The molecule has 1 aromatic heterocycles. The normalized spacial score (nSPS) is 12.7. The van der Waals surface area contributed by atoms with Crippen molar-refractivity contribution in [2.75, 3.05) is 12.1 Å². The maximum absolute atomic E-state index is 8.90. The summed E-state index contributed by atoms with van der Waals surface area (Å²) in [6.07, 6.45) is 0. The molecule has 0 radical (unpaired) electrons. The number of anilines is 1. The van der Waals surface area contributed by atoms with Crippen LogP contribution in [0.5, 0.6) is 11.5 Å². The number of furan rings is 1. The predicted octanol–water partition coefficient (Wildman–Crippen LogP) is 2.11. The number of benzene rings is 1. The summed E-state index contributed by atoms with van der Waals surface area (Å²) in [5, 5.41) is 12.1. The van der Waals surface area contributed by atoms with E-state index in [0.717, 1.165) is 22.9 Å². The van der Waals surface area contributed by atoms with Gasteiger partial charge in [0, 0.05) is 11.8 Å². The second-order valence-electron chi connectivity index (χ2n) is 3.95. The quantitative estimate of drug-likeness (QED) is 0.866. The average Bonchev–Trinajstić information content (AvgIpc) is 3.04. The van der Waals surface area contributed by atoms with E-state index in [1.807, 2.05) is 24.3 Å². The topological polar surface area (TPSA) is 63.9 Å². The van der Waals surface area contributed by atoms with Crippen LogP contribution in [-0.4, -0.2) is 11.9 Å². The van der Waals surface area contributed by atoms with Crippen LogP contribution < -0.4 is 14.8 Å². The van der Waals surface area contributed by atoms with Gasteiger partial charge in [0.05, 0.1) is 6.54 Å². The van der Waals surface area contributed by atoms with E-state index in [4.69, 9.17) is 19.0 Å². The number of rotatable bonds is 4. The minimum Gasteiger partial charge on any atom is -0.462 e. The summed E-state index contributed by atoms with van der Waals surface area (Å²) in [4.78, 5) is 0. The SMILES string of the molecule is OCc1ccc(CNc2ccc3c(c2)OCO3)o1. The van der Waals surface area contributed by atoms with Gasteiger partial charge in [-0.25, -0.2) is 0 Å². The first kappa shape index (κ1) is 11.0. The van der Waals surface area contributed by atoms with Crippen LogP contribution in [0.3, 0.4) is 0 Å². The Balaban J connectivity index is 1.66. The smallest absolute Gasteiger partial charge is 0.231 e. The van der Waals surface area contributed by atoms with E-state index >= 15 is 0 Å². The molecule has 0 fully saturated rings. The van der Waals surface area contributed by atoms with Crippen LogP contribution in [0.1, 0.15) is 11.5 Å². The molecule has 5 heteroatoms. The van der Waals surface area contributed by atoms with Crippen molar-refractivity contribution < 1.29 is 19.0 Å². The summed E-state index contributed by atoms with van der Waals surface area (Å²) < 4.78 is 15.9. The summed E-state index contributed by atoms with van der Waals surface area (Å²) in [6, 6.07) is 9.27. The highest BCUT2D eigenvalue weighted by atomic mass is 16.7. The van der Waals surface area contributed by atoms with Crippen molar-refractivity contribution in [2.45, 2.75) is 13.2 Å². The number of hydrogen-bond acceptors (Lipinski definition) is 5. The molecule has 0 saturated carbocycles. The number of ether oxygens (including phenoxy) is 2. The minimum absolute atomic E-state index is 0.0793. The van der Waals surface area contributed by atoms with Crippen molar-refractivity contribution in [2.24, 2.45) is 0 Å². The van der Waals surface area contributed by atoms with Crippen LogP contribution in [0.2, 0.25) is 0 Å². The first-order valence-electron chi connectivity index (χ1n) is 5.67. The zero-order valence-corrected chi connectivity index (χ0v) is 9.68. The van der Waals surface area contributed by atoms with Crippen LogP contribution >= 0.6 is 0 Å². The number of aliphatic hydroxyl groups is 1. The lowest BCUT2D eigenvalue weighted by Crippen LogP contribution is -1.97. The third kappa shape index (κ3) is 2.12. The third-order valence-electron chi connectivity index (χ3n) is 2.71. The van der Waals surface area contributed by atoms with Crippen molar-refractivity contribution in [3.05, 3.63) is 41.9 Å². The number of fused-ring (bicyclic) bond motifs is 1. The predicted molar refractivity (Wildman–Crippen MR) is 64.5 cm³/mol. The average molecular weight is 247 g/mol. The third-order valence-corrected chi connectivity index (χ3v) is 2.71. The molecule has 1 aliphatic heterocycles. The van der Waals surface area contributed by atoms with Gasteiger partial charge in [0.25, 0.3) is 0 Å². The maximum atomic E-state index is 8.90. The van der Waals surface area contributed by atoms with Gasteiger partial charge >= 0.3 is 0 Å². The summed E-state index contributed by atoms with van der Waals surface area (Å²) in [5.74, 6) is 2.85. The lowest BCUT2D eigenvalue weighted by Gasteiger charge is -2.05. The molecule has 0 saturated heterocycles. The molecule has 5 nitrogen and oxygen atoms in total. The highest BCUT2D eigenvalue weighted by molar-refractivity contribution is 5.55. The Morgan fingerprint density at radius 1 is 1.06 bits per heavy atom. The molecule has 2 aromatic rings. The molecular weight excluding hydrogens is 234 g/mol. The Morgan fingerprint density at radius 3 is 2.72 bits per heavy atom. The first-order chi connectivity index (χ1) is 8.85. The molecular formula is C13H13NO4. The summed E-state index contributed by atoms with van der Waals surface area (Å²) in [5.41, 5.74) is 0.932. The molecule has 3 rings (SSSR count). The lowest BCUT2D eigenvalue weighted by atomic mass is 10.2. The second kappa shape index (κ2) is 4.62. The highest BCUT2D eigenvalue weighted by Gasteiger charge is 2.13. The second-order valence-corrected chi connectivity index (χ2v) is 3.95. The van der Waals surface area contributed by atoms with Gasteiger partial charge in [0.2, 0.25) is 6.79 Å². The molecule has 18 heavy (non-hydrogen) atoms. The molecule has 0 unspecified atom stereocenters. The van der Waals surface area contributed by atoms with Gasteiger partial charge in [-0.1, -0.05) is 0 Å². The fourth-order valence-electron chi connectivity index (χ4n) is 1.80. The number of hydrogen-bond donors (Lipinski definition) is 2. The van der Waals surface area contributed by atoms with Gasteiger partial charge in [-0.05, 0) is 24.3 Å². The standard InChI is InChI=1S/C13H13NO4/c15-7-11-3-2-10(18-11)6-14-9-1-4-12-13(5-9)17-8-16-12/h1-5,14-15H,6-8H2. The molecule has 0 amide bonds. The van der Waals surface area contributed by atoms with Gasteiger partial charge in [0.15, 0.2) is 11.5 Å². The largest absolute Gasteiger partial charge is 0.462 e. The Hall–Kier alpha value is -2.14.